The lowest BCUT2D eigenvalue weighted by Gasteiger charge is -2.05. The minimum absolute atomic E-state index is 0.0202. The minimum Gasteiger partial charge on any atom is -0.292 e. The maximum Gasteiger partial charge on any atom is 0.329 e. The van der Waals surface area contributed by atoms with E-state index < -0.39 is 4.92 Å². The molecule has 3 rings (SSSR count). The second-order valence-electron chi connectivity index (χ2n) is 5.25. The molecule has 1 aromatic heterocycles. The summed E-state index contributed by atoms with van der Waals surface area (Å²) in [6.07, 6.45) is 0. The molecule has 3 aromatic rings. The van der Waals surface area contributed by atoms with Crippen molar-refractivity contribution in [2.24, 2.45) is 0 Å². The molecule has 0 aliphatic carbocycles. The van der Waals surface area contributed by atoms with E-state index in [1.165, 1.54) is 17.8 Å². The topological polar surface area (TPSA) is 70.1 Å². The van der Waals surface area contributed by atoms with Crippen LogP contribution in [0.15, 0.2) is 57.1 Å². The molecule has 7 heteroatoms. The molecular formula is C17H17N3O3S. The summed E-state index contributed by atoms with van der Waals surface area (Å²) < 4.78 is 3.22. The van der Waals surface area contributed by atoms with E-state index in [1.54, 1.807) is 15.2 Å². The Morgan fingerprint density at radius 3 is 2.17 bits per heavy atom. The van der Waals surface area contributed by atoms with Crippen molar-refractivity contribution in [3.63, 3.8) is 0 Å². The molecule has 1 heterocycles. The van der Waals surface area contributed by atoms with Crippen LogP contribution in [0.4, 0.5) is 5.69 Å². The van der Waals surface area contributed by atoms with Gasteiger partial charge in [-0.05, 0) is 32.0 Å². The van der Waals surface area contributed by atoms with Crippen LogP contribution in [0.25, 0.3) is 11.0 Å². The Bertz CT molecular complexity index is 961. The maximum atomic E-state index is 12.5. The van der Waals surface area contributed by atoms with Crippen LogP contribution < -0.4 is 5.69 Å². The highest BCUT2D eigenvalue weighted by molar-refractivity contribution is 7.99. The number of nitro benzene ring substituents is 1. The smallest absolute Gasteiger partial charge is 0.292 e. The van der Waals surface area contributed by atoms with E-state index in [0.29, 0.717) is 23.5 Å². The molecule has 124 valence electrons. The SMILES string of the molecule is CCn1c(=O)n(CC)c2cc([N+](=O)[O-])c(Sc3ccccc3)cc21. The third-order valence-corrected chi connectivity index (χ3v) is 4.95. The molecule has 0 amide bonds. The van der Waals surface area contributed by atoms with Crippen molar-refractivity contribution in [2.45, 2.75) is 36.7 Å². The number of nitrogens with zero attached hydrogens (tertiary/aromatic N) is 3. The highest BCUT2D eigenvalue weighted by Crippen LogP contribution is 2.37. The minimum atomic E-state index is -0.390. The molecule has 0 spiro atoms. The molecule has 0 saturated carbocycles. The first kappa shape index (κ1) is 16.3. The lowest BCUT2D eigenvalue weighted by Crippen LogP contribution is -2.23. The summed E-state index contributed by atoms with van der Waals surface area (Å²) in [4.78, 5) is 25.0. The van der Waals surface area contributed by atoms with Crippen molar-refractivity contribution in [1.29, 1.82) is 0 Å². The van der Waals surface area contributed by atoms with E-state index in [1.807, 2.05) is 44.2 Å². The average Bonchev–Trinajstić information content (AvgIpc) is 2.84. The van der Waals surface area contributed by atoms with Gasteiger partial charge >= 0.3 is 5.69 Å². The van der Waals surface area contributed by atoms with Gasteiger partial charge in [-0.3, -0.25) is 19.2 Å². The molecule has 6 nitrogen and oxygen atoms in total. The molecule has 0 atom stereocenters. The highest BCUT2D eigenvalue weighted by Gasteiger charge is 2.21. The Morgan fingerprint density at radius 2 is 1.62 bits per heavy atom. The summed E-state index contributed by atoms with van der Waals surface area (Å²) in [5, 5.41) is 11.5. The number of aromatic nitrogens is 2. The van der Waals surface area contributed by atoms with E-state index in [4.69, 9.17) is 0 Å². The predicted molar refractivity (Wildman–Crippen MR) is 94.8 cm³/mol. The molecule has 0 N–H and O–H groups in total. The zero-order valence-electron chi connectivity index (χ0n) is 13.4. The lowest BCUT2D eigenvalue weighted by molar-refractivity contribution is -0.387. The van der Waals surface area contributed by atoms with Crippen LogP contribution in [0.5, 0.6) is 0 Å². The van der Waals surface area contributed by atoms with E-state index >= 15 is 0 Å². The van der Waals surface area contributed by atoms with Gasteiger partial charge < -0.3 is 0 Å². The first-order chi connectivity index (χ1) is 11.6. The summed E-state index contributed by atoms with van der Waals surface area (Å²) in [7, 11) is 0. The Labute approximate surface area is 142 Å². The number of benzene rings is 2. The van der Waals surface area contributed by atoms with Gasteiger partial charge in [-0.25, -0.2) is 4.79 Å². The van der Waals surface area contributed by atoms with E-state index in [-0.39, 0.29) is 11.4 Å². The molecule has 0 bridgehead atoms. The van der Waals surface area contributed by atoms with Gasteiger partial charge in [0.15, 0.2) is 0 Å². The van der Waals surface area contributed by atoms with E-state index in [0.717, 1.165) is 10.4 Å². The molecule has 0 aliphatic heterocycles. The quantitative estimate of drug-likeness (QED) is 0.520. The van der Waals surface area contributed by atoms with Crippen LogP contribution in [0.2, 0.25) is 0 Å². The van der Waals surface area contributed by atoms with Crippen molar-refractivity contribution < 1.29 is 4.92 Å². The largest absolute Gasteiger partial charge is 0.329 e. The normalized spacial score (nSPS) is 11.1. The third-order valence-electron chi connectivity index (χ3n) is 3.90. The van der Waals surface area contributed by atoms with Crippen molar-refractivity contribution in [3.8, 4) is 0 Å². The van der Waals surface area contributed by atoms with E-state index in [2.05, 4.69) is 0 Å². The second kappa shape index (κ2) is 6.52. The van der Waals surface area contributed by atoms with Gasteiger partial charge in [0, 0.05) is 24.1 Å². The Hall–Kier alpha value is -2.54. The molecule has 0 fully saturated rings. The fraction of sp³-hybridized carbons (Fsp3) is 0.235. The van der Waals surface area contributed by atoms with Gasteiger partial charge in [-0.15, -0.1) is 0 Å². The fourth-order valence-corrected chi connectivity index (χ4v) is 3.74. The Kier molecular flexibility index (Phi) is 4.44. The summed E-state index contributed by atoms with van der Waals surface area (Å²) in [5.74, 6) is 0. The van der Waals surface area contributed by atoms with Crippen molar-refractivity contribution in [3.05, 3.63) is 63.1 Å². The Morgan fingerprint density at radius 1 is 1.04 bits per heavy atom. The van der Waals surface area contributed by atoms with Crippen LogP contribution >= 0.6 is 11.8 Å². The van der Waals surface area contributed by atoms with Crippen LogP contribution in [-0.2, 0) is 13.1 Å². The van der Waals surface area contributed by atoms with Crippen molar-refractivity contribution >= 4 is 28.5 Å². The molecule has 24 heavy (non-hydrogen) atoms. The van der Waals surface area contributed by atoms with Crippen LogP contribution in [-0.4, -0.2) is 14.1 Å². The van der Waals surface area contributed by atoms with Gasteiger partial charge in [-0.2, -0.15) is 0 Å². The summed E-state index contributed by atoms with van der Waals surface area (Å²) in [5.41, 5.74) is 1.22. The van der Waals surface area contributed by atoms with Gasteiger partial charge in [0.25, 0.3) is 5.69 Å². The van der Waals surface area contributed by atoms with Crippen LogP contribution in [0.3, 0.4) is 0 Å². The second-order valence-corrected chi connectivity index (χ2v) is 6.37. The number of rotatable bonds is 5. The van der Waals surface area contributed by atoms with Gasteiger partial charge in [0.2, 0.25) is 0 Å². The lowest BCUT2D eigenvalue weighted by atomic mass is 10.2. The third kappa shape index (κ3) is 2.71. The Balaban J connectivity index is 2.26. The van der Waals surface area contributed by atoms with E-state index in [9.17, 15) is 14.9 Å². The van der Waals surface area contributed by atoms with Crippen LogP contribution in [0.1, 0.15) is 13.8 Å². The molecule has 0 unspecified atom stereocenters. The zero-order valence-corrected chi connectivity index (χ0v) is 14.2. The molecule has 0 radical (unpaired) electrons. The number of hydrogen-bond acceptors (Lipinski definition) is 4. The standard InChI is InChI=1S/C17H17N3O3S/c1-3-18-13-10-15(20(22)23)16(24-12-8-6-5-7-9-12)11-14(13)19(4-2)17(18)21/h5-11H,3-4H2,1-2H3. The molecule has 0 aliphatic rings. The molecule has 0 saturated heterocycles. The van der Waals surface area contributed by atoms with Crippen LogP contribution in [0, 0.1) is 10.1 Å². The number of imidazole rings is 1. The first-order valence-electron chi connectivity index (χ1n) is 7.71. The van der Waals surface area contributed by atoms with Crippen molar-refractivity contribution in [2.75, 3.05) is 0 Å². The fourth-order valence-electron chi connectivity index (χ4n) is 2.78. The molecule has 2 aromatic carbocycles. The molecular weight excluding hydrogens is 326 g/mol. The summed E-state index contributed by atoms with van der Waals surface area (Å²) in [6.45, 7) is 4.76. The number of nitro groups is 1. The number of hydrogen-bond donors (Lipinski definition) is 0. The monoisotopic (exact) mass is 343 g/mol. The maximum absolute atomic E-state index is 12.5. The number of aryl methyl sites for hydroxylation is 2. The highest BCUT2D eigenvalue weighted by atomic mass is 32.2. The van der Waals surface area contributed by atoms with Crippen molar-refractivity contribution in [1.82, 2.24) is 9.13 Å². The summed E-state index contributed by atoms with van der Waals surface area (Å²) >= 11 is 1.33. The summed E-state index contributed by atoms with van der Waals surface area (Å²) in [6, 6.07) is 12.8. The van der Waals surface area contributed by atoms with Gasteiger partial charge in [0.1, 0.15) is 0 Å². The predicted octanol–water partition coefficient (Wildman–Crippen LogP) is 3.90. The average molecular weight is 343 g/mol. The van der Waals surface area contributed by atoms with Gasteiger partial charge in [-0.1, -0.05) is 30.0 Å². The zero-order chi connectivity index (χ0) is 17.3. The van der Waals surface area contributed by atoms with Gasteiger partial charge in [0.05, 0.1) is 20.9 Å². The number of fused-ring (bicyclic) bond motifs is 1. The first-order valence-corrected chi connectivity index (χ1v) is 8.52.